The van der Waals surface area contributed by atoms with E-state index in [0.717, 1.165) is 16.0 Å². The van der Waals surface area contributed by atoms with Crippen LogP contribution in [0.2, 0.25) is 0 Å². The maximum absolute atomic E-state index is 11.6. The third kappa shape index (κ3) is 4.17. The van der Waals surface area contributed by atoms with Crippen LogP contribution in [0.15, 0.2) is 66.0 Å². The number of hydrogen-bond acceptors (Lipinski definition) is 3. The predicted molar refractivity (Wildman–Crippen MR) is 102 cm³/mol. The average molecular weight is 350 g/mol. The summed E-state index contributed by atoms with van der Waals surface area (Å²) in [6.45, 7) is 2.49. The Balaban J connectivity index is 1.89. The van der Waals surface area contributed by atoms with Gasteiger partial charge in [-0.2, -0.15) is 0 Å². The lowest BCUT2D eigenvalue weighted by Crippen LogP contribution is -2.00. The van der Waals surface area contributed by atoms with E-state index in [9.17, 15) is 9.90 Å². The summed E-state index contributed by atoms with van der Waals surface area (Å²) in [4.78, 5) is 12.4. The first-order valence-electron chi connectivity index (χ1n) is 7.90. The number of aliphatic carboxylic acids is 1. The predicted octanol–water partition coefficient (Wildman–Crippen LogP) is 5.26. The van der Waals surface area contributed by atoms with Crippen LogP contribution in [0, 0.1) is 6.92 Å². The van der Waals surface area contributed by atoms with E-state index >= 15 is 0 Å². The summed E-state index contributed by atoms with van der Waals surface area (Å²) in [5.41, 5.74) is 3.29. The van der Waals surface area contributed by atoms with Crippen molar-refractivity contribution in [3.05, 3.63) is 87.6 Å². The van der Waals surface area contributed by atoms with Gasteiger partial charge in [0.1, 0.15) is 12.4 Å². The third-order valence-electron chi connectivity index (χ3n) is 3.88. The largest absolute Gasteiger partial charge is 0.488 e. The molecule has 0 radical (unpaired) electrons. The molecular formula is C21H18O3S. The van der Waals surface area contributed by atoms with Gasteiger partial charge < -0.3 is 9.84 Å². The molecule has 0 saturated carbocycles. The van der Waals surface area contributed by atoms with Crippen LogP contribution in [0.3, 0.4) is 0 Å². The molecule has 4 heteroatoms. The Morgan fingerprint density at radius 2 is 1.84 bits per heavy atom. The monoisotopic (exact) mass is 350 g/mol. The molecule has 0 aliphatic rings. The highest BCUT2D eigenvalue weighted by Gasteiger charge is 2.13. The average Bonchev–Trinajstić information content (AvgIpc) is 3.13. The molecule has 0 fully saturated rings. The number of benzene rings is 2. The number of para-hydroxylation sites is 1. The quantitative estimate of drug-likeness (QED) is 0.617. The Kier molecular flexibility index (Phi) is 5.31. The minimum absolute atomic E-state index is 0.266. The van der Waals surface area contributed by atoms with Crippen LogP contribution in [0.5, 0.6) is 5.75 Å². The van der Waals surface area contributed by atoms with Crippen LogP contribution in [-0.2, 0) is 11.4 Å². The number of carboxylic acid groups (broad SMARTS) is 1. The number of thiophene rings is 1. The van der Waals surface area contributed by atoms with Crippen molar-refractivity contribution in [1.82, 2.24) is 0 Å². The van der Waals surface area contributed by atoms with E-state index in [1.165, 1.54) is 16.9 Å². The van der Waals surface area contributed by atoms with Crippen molar-refractivity contribution in [2.45, 2.75) is 13.5 Å². The Morgan fingerprint density at radius 1 is 1.08 bits per heavy atom. The van der Waals surface area contributed by atoms with Crippen molar-refractivity contribution in [3.63, 3.8) is 0 Å². The molecule has 3 nitrogen and oxygen atoms in total. The van der Waals surface area contributed by atoms with Crippen LogP contribution < -0.4 is 4.74 Å². The highest BCUT2D eigenvalue weighted by Crippen LogP contribution is 2.28. The number of carbonyl (C=O) groups is 1. The molecule has 0 bridgehead atoms. The molecule has 0 amide bonds. The summed E-state index contributed by atoms with van der Waals surface area (Å²) in [5.74, 6) is -0.280. The number of aryl methyl sites for hydroxylation is 1. The van der Waals surface area contributed by atoms with E-state index in [2.05, 4.69) is 0 Å². The number of ether oxygens (including phenoxy) is 1. The summed E-state index contributed by atoms with van der Waals surface area (Å²) < 4.78 is 5.97. The van der Waals surface area contributed by atoms with Crippen molar-refractivity contribution in [1.29, 1.82) is 0 Å². The van der Waals surface area contributed by atoms with Gasteiger partial charge in [-0.15, -0.1) is 11.3 Å². The molecule has 1 heterocycles. The molecule has 0 aliphatic heterocycles. The van der Waals surface area contributed by atoms with Crippen LogP contribution in [-0.4, -0.2) is 11.1 Å². The molecule has 1 N–H and O–H groups in total. The van der Waals surface area contributed by atoms with E-state index in [-0.39, 0.29) is 5.57 Å². The first-order valence-corrected chi connectivity index (χ1v) is 8.78. The summed E-state index contributed by atoms with van der Waals surface area (Å²) in [6.07, 6.45) is 1.67. The zero-order chi connectivity index (χ0) is 17.6. The molecule has 25 heavy (non-hydrogen) atoms. The Bertz CT molecular complexity index is 895. The van der Waals surface area contributed by atoms with Gasteiger partial charge in [0, 0.05) is 10.4 Å². The van der Waals surface area contributed by atoms with Gasteiger partial charge in [-0.05, 0) is 41.6 Å². The summed E-state index contributed by atoms with van der Waals surface area (Å²) >= 11 is 1.41. The zero-order valence-electron chi connectivity index (χ0n) is 13.8. The first kappa shape index (κ1) is 17.0. The lowest BCUT2D eigenvalue weighted by atomic mass is 10.1. The van der Waals surface area contributed by atoms with Gasteiger partial charge in [-0.25, -0.2) is 4.79 Å². The van der Waals surface area contributed by atoms with Crippen molar-refractivity contribution in [3.8, 4) is 5.75 Å². The second-order valence-electron chi connectivity index (χ2n) is 5.59. The summed E-state index contributed by atoms with van der Waals surface area (Å²) in [5, 5.41) is 11.4. The van der Waals surface area contributed by atoms with E-state index in [1.807, 2.05) is 66.9 Å². The normalized spacial score (nSPS) is 11.3. The fourth-order valence-electron chi connectivity index (χ4n) is 2.48. The lowest BCUT2D eigenvalue weighted by molar-refractivity contribution is -0.130. The molecule has 0 spiro atoms. The zero-order valence-corrected chi connectivity index (χ0v) is 14.6. The number of rotatable bonds is 6. The van der Waals surface area contributed by atoms with Gasteiger partial charge in [-0.3, -0.25) is 0 Å². The standard InChI is InChI=1S/C21H18O3S/c1-15-7-2-3-9-17(15)14-24-19-10-5-4-8-16(19)13-18(21(22)23)20-11-6-12-25-20/h2-13H,14H2,1H3,(H,22,23)/b18-13-. The Labute approximate surface area is 150 Å². The number of hydrogen-bond donors (Lipinski definition) is 1. The highest BCUT2D eigenvalue weighted by molar-refractivity contribution is 7.11. The SMILES string of the molecule is Cc1ccccc1COc1ccccc1/C=C(\C(=O)O)c1cccs1. The van der Waals surface area contributed by atoms with Crippen molar-refractivity contribution >= 4 is 29.0 Å². The minimum Gasteiger partial charge on any atom is -0.488 e. The maximum atomic E-state index is 11.6. The second-order valence-corrected chi connectivity index (χ2v) is 6.54. The maximum Gasteiger partial charge on any atom is 0.337 e. The van der Waals surface area contributed by atoms with Gasteiger partial charge in [0.15, 0.2) is 0 Å². The van der Waals surface area contributed by atoms with E-state index in [1.54, 1.807) is 12.1 Å². The molecule has 3 rings (SSSR count). The van der Waals surface area contributed by atoms with Crippen molar-refractivity contribution in [2.24, 2.45) is 0 Å². The highest BCUT2D eigenvalue weighted by atomic mass is 32.1. The van der Waals surface area contributed by atoms with Gasteiger partial charge >= 0.3 is 5.97 Å². The van der Waals surface area contributed by atoms with E-state index < -0.39 is 5.97 Å². The first-order chi connectivity index (χ1) is 12.1. The third-order valence-corrected chi connectivity index (χ3v) is 4.78. The molecule has 0 atom stereocenters. The van der Waals surface area contributed by atoms with Crippen LogP contribution in [0.4, 0.5) is 0 Å². The topological polar surface area (TPSA) is 46.5 Å². The van der Waals surface area contributed by atoms with Crippen LogP contribution >= 0.6 is 11.3 Å². The number of carboxylic acids is 1. The van der Waals surface area contributed by atoms with Crippen molar-refractivity contribution in [2.75, 3.05) is 0 Å². The van der Waals surface area contributed by atoms with Gasteiger partial charge in [0.25, 0.3) is 0 Å². The summed E-state index contributed by atoms with van der Waals surface area (Å²) in [7, 11) is 0. The lowest BCUT2D eigenvalue weighted by Gasteiger charge is -2.11. The van der Waals surface area contributed by atoms with Gasteiger partial charge in [0.2, 0.25) is 0 Å². The molecule has 0 unspecified atom stereocenters. The molecule has 2 aromatic carbocycles. The van der Waals surface area contributed by atoms with E-state index in [4.69, 9.17) is 4.74 Å². The smallest absolute Gasteiger partial charge is 0.337 e. The molecule has 1 aromatic heterocycles. The van der Waals surface area contributed by atoms with E-state index in [0.29, 0.717) is 12.4 Å². The molecular weight excluding hydrogens is 332 g/mol. The Morgan fingerprint density at radius 3 is 2.56 bits per heavy atom. The van der Waals surface area contributed by atoms with Crippen molar-refractivity contribution < 1.29 is 14.6 Å². The van der Waals surface area contributed by atoms with Gasteiger partial charge in [-0.1, -0.05) is 48.5 Å². The molecule has 126 valence electrons. The van der Waals surface area contributed by atoms with Crippen LogP contribution in [0.25, 0.3) is 11.6 Å². The minimum atomic E-state index is -0.948. The molecule has 0 aliphatic carbocycles. The molecule has 3 aromatic rings. The second kappa shape index (κ2) is 7.81. The fourth-order valence-corrected chi connectivity index (χ4v) is 3.22. The fraction of sp³-hybridized carbons (Fsp3) is 0.0952. The molecule has 0 saturated heterocycles. The van der Waals surface area contributed by atoms with Crippen LogP contribution in [0.1, 0.15) is 21.6 Å². The summed E-state index contributed by atoms with van der Waals surface area (Å²) in [6, 6.07) is 19.2. The van der Waals surface area contributed by atoms with Gasteiger partial charge in [0.05, 0.1) is 5.57 Å². The Hall–Kier alpha value is -2.85.